The number of hydrogen-bond donors (Lipinski definition) is 1. The van der Waals surface area contributed by atoms with Gasteiger partial charge in [0.2, 0.25) is 5.91 Å². The SMILES string of the molecule is O=C(COc1ccc(Cl)c(F)c1)N[C@H]1CC[C@H](C(=O)N2CCC[C@H]2c2cc(F)ccc2F)CC1. The van der Waals surface area contributed by atoms with E-state index in [-0.39, 0.29) is 46.7 Å². The highest BCUT2D eigenvalue weighted by molar-refractivity contribution is 6.30. The first-order valence-electron chi connectivity index (χ1n) is 11.4. The van der Waals surface area contributed by atoms with E-state index in [0.29, 0.717) is 38.6 Å². The normalized spacial score (nSPS) is 22.5. The number of rotatable bonds is 6. The summed E-state index contributed by atoms with van der Waals surface area (Å²) in [4.78, 5) is 27.1. The van der Waals surface area contributed by atoms with Crippen LogP contribution < -0.4 is 10.1 Å². The van der Waals surface area contributed by atoms with Gasteiger partial charge in [0.15, 0.2) is 6.61 Å². The van der Waals surface area contributed by atoms with Gasteiger partial charge in [-0.1, -0.05) is 11.6 Å². The van der Waals surface area contributed by atoms with Crippen molar-refractivity contribution in [2.45, 2.75) is 50.6 Å². The van der Waals surface area contributed by atoms with Crippen LogP contribution in [0.15, 0.2) is 36.4 Å². The standard InChI is InChI=1S/C25H26ClF3N2O3/c26-20-9-8-18(13-22(20)29)34-14-24(32)30-17-6-3-15(4-7-17)25(33)31-11-1-2-23(31)19-12-16(27)5-10-21(19)28/h5,8-10,12-13,15,17,23H,1-4,6-7,11,14H2,(H,30,32)/t15-,17-,23-/m0/s1. The minimum absolute atomic E-state index is 0.0237. The average Bonchev–Trinajstić information content (AvgIpc) is 3.31. The molecule has 1 aliphatic heterocycles. The fourth-order valence-electron chi connectivity index (χ4n) is 4.83. The van der Waals surface area contributed by atoms with Crippen LogP contribution in [0.1, 0.15) is 50.1 Å². The summed E-state index contributed by atoms with van der Waals surface area (Å²) in [5, 5.41) is 2.87. The predicted octanol–water partition coefficient (Wildman–Crippen LogP) is 5.17. The molecule has 2 aromatic rings. The van der Waals surface area contributed by atoms with Gasteiger partial charge in [0.25, 0.3) is 5.91 Å². The molecular weight excluding hydrogens is 469 g/mol. The molecule has 0 bridgehead atoms. The second-order valence-corrected chi connectivity index (χ2v) is 9.24. The molecule has 2 aliphatic rings. The highest BCUT2D eigenvalue weighted by Crippen LogP contribution is 2.37. The van der Waals surface area contributed by atoms with E-state index >= 15 is 0 Å². The van der Waals surface area contributed by atoms with Crippen molar-refractivity contribution >= 4 is 23.4 Å². The lowest BCUT2D eigenvalue weighted by Gasteiger charge is -2.33. The molecule has 1 saturated heterocycles. The number of nitrogens with one attached hydrogen (secondary N) is 1. The fraction of sp³-hybridized carbons (Fsp3) is 0.440. The van der Waals surface area contributed by atoms with Crippen molar-refractivity contribution in [2.75, 3.05) is 13.2 Å². The van der Waals surface area contributed by atoms with Gasteiger partial charge in [-0.05, 0) is 68.9 Å². The molecule has 1 heterocycles. The second-order valence-electron chi connectivity index (χ2n) is 8.84. The molecule has 0 aromatic heterocycles. The monoisotopic (exact) mass is 494 g/mol. The lowest BCUT2D eigenvalue weighted by molar-refractivity contribution is -0.137. The molecule has 34 heavy (non-hydrogen) atoms. The van der Waals surface area contributed by atoms with Gasteiger partial charge < -0.3 is 15.0 Å². The zero-order valence-corrected chi connectivity index (χ0v) is 19.3. The number of likely N-dealkylation sites (tertiary alicyclic amines) is 1. The predicted molar refractivity (Wildman–Crippen MR) is 121 cm³/mol. The Kier molecular flexibility index (Phi) is 7.66. The van der Waals surface area contributed by atoms with E-state index in [1.165, 1.54) is 18.2 Å². The van der Waals surface area contributed by atoms with Gasteiger partial charge in [0, 0.05) is 30.1 Å². The number of carbonyl (C=O) groups excluding carboxylic acids is 2. The summed E-state index contributed by atoms with van der Waals surface area (Å²) >= 11 is 5.63. The van der Waals surface area contributed by atoms with Crippen LogP contribution in [-0.2, 0) is 9.59 Å². The van der Waals surface area contributed by atoms with E-state index in [9.17, 15) is 22.8 Å². The molecule has 0 unspecified atom stereocenters. The summed E-state index contributed by atoms with van der Waals surface area (Å²) < 4.78 is 46.8. The van der Waals surface area contributed by atoms with E-state index < -0.39 is 23.5 Å². The molecule has 1 N–H and O–H groups in total. The van der Waals surface area contributed by atoms with Gasteiger partial charge in [0.1, 0.15) is 23.2 Å². The van der Waals surface area contributed by atoms with Crippen molar-refractivity contribution in [1.82, 2.24) is 10.2 Å². The number of carbonyl (C=O) groups is 2. The molecule has 0 radical (unpaired) electrons. The summed E-state index contributed by atoms with van der Waals surface area (Å²) in [5.74, 6) is -2.00. The number of hydrogen-bond acceptors (Lipinski definition) is 3. The minimum atomic E-state index is -0.622. The van der Waals surface area contributed by atoms with Crippen molar-refractivity contribution in [3.63, 3.8) is 0 Å². The molecular formula is C25H26ClF3N2O3. The molecule has 2 fully saturated rings. The third kappa shape index (κ3) is 5.66. The molecule has 182 valence electrons. The molecule has 2 aromatic carbocycles. The lowest BCUT2D eigenvalue weighted by Crippen LogP contribution is -2.43. The quantitative estimate of drug-likeness (QED) is 0.602. The largest absolute Gasteiger partial charge is 0.484 e. The molecule has 2 amide bonds. The summed E-state index contributed by atoms with van der Waals surface area (Å²) in [6.45, 7) is 0.271. The third-order valence-corrected chi connectivity index (χ3v) is 6.86. The van der Waals surface area contributed by atoms with Crippen molar-refractivity contribution in [1.29, 1.82) is 0 Å². The summed E-state index contributed by atoms with van der Waals surface area (Å²) in [5.41, 5.74) is 0.229. The van der Waals surface area contributed by atoms with Gasteiger partial charge >= 0.3 is 0 Å². The van der Waals surface area contributed by atoms with Crippen LogP contribution in [0.3, 0.4) is 0 Å². The Morgan fingerprint density at radius 2 is 1.76 bits per heavy atom. The maximum absolute atomic E-state index is 14.3. The van der Waals surface area contributed by atoms with Crippen LogP contribution in [0, 0.1) is 23.4 Å². The van der Waals surface area contributed by atoms with E-state index in [1.807, 2.05) is 0 Å². The number of nitrogens with zero attached hydrogens (tertiary/aromatic N) is 1. The van der Waals surface area contributed by atoms with Crippen LogP contribution in [0.4, 0.5) is 13.2 Å². The first kappa shape index (κ1) is 24.4. The highest BCUT2D eigenvalue weighted by atomic mass is 35.5. The molecule has 1 atom stereocenters. The first-order chi connectivity index (χ1) is 16.3. The molecule has 4 rings (SSSR count). The maximum atomic E-state index is 14.3. The topological polar surface area (TPSA) is 58.6 Å². The zero-order valence-electron chi connectivity index (χ0n) is 18.5. The molecule has 0 spiro atoms. The molecule has 1 saturated carbocycles. The fourth-order valence-corrected chi connectivity index (χ4v) is 4.95. The van der Waals surface area contributed by atoms with Gasteiger partial charge in [-0.25, -0.2) is 13.2 Å². The Morgan fingerprint density at radius 3 is 2.50 bits per heavy atom. The van der Waals surface area contributed by atoms with Gasteiger partial charge in [-0.3, -0.25) is 9.59 Å². The minimum Gasteiger partial charge on any atom is -0.484 e. The Balaban J connectivity index is 1.26. The summed E-state index contributed by atoms with van der Waals surface area (Å²) in [7, 11) is 0. The molecule has 9 heteroatoms. The summed E-state index contributed by atoms with van der Waals surface area (Å²) in [6.07, 6.45) is 3.81. The Hall–Kier alpha value is -2.74. The van der Waals surface area contributed by atoms with Crippen LogP contribution in [0.5, 0.6) is 5.75 Å². The van der Waals surface area contributed by atoms with Crippen molar-refractivity contribution in [2.24, 2.45) is 5.92 Å². The van der Waals surface area contributed by atoms with Crippen molar-refractivity contribution in [3.05, 3.63) is 64.4 Å². The van der Waals surface area contributed by atoms with E-state index in [4.69, 9.17) is 16.3 Å². The lowest BCUT2D eigenvalue weighted by atomic mass is 9.84. The van der Waals surface area contributed by atoms with Crippen LogP contribution in [0.2, 0.25) is 5.02 Å². The van der Waals surface area contributed by atoms with Gasteiger partial charge in [0.05, 0.1) is 11.1 Å². The van der Waals surface area contributed by atoms with E-state index in [2.05, 4.69) is 5.32 Å². The van der Waals surface area contributed by atoms with Crippen molar-refractivity contribution in [3.8, 4) is 5.75 Å². The van der Waals surface area contributed by atoms with Crippen molar-refractivity contribution < 1.29 is 27.5 Å². The van der Waals surface area contributed by atoms with E-state index in [0.717, 1.165) is 24.6 Å². The average molecular weight is 495 g/mol. The Labute approximate surface area is 201 Å². The number of amides is 2. The number of benzene rings is 2. The van der Waals surface area contributed by atoms with Crippen LogP contribution in [-0.4, -0.2) is 35.9 Å². The van der Waals surface area contributed by atoms with Crippen LogP contribution in [0.25, 0.3) is 0 Å². The first-order valence-corrected chi connectivity index (χ1v) is 11.8. The van der Waals surface area contributed by atoms with Gasteiger partial charge in [-0.15, -0.1) is 0 Å². The van der Waals surface area contributed by atoms with Crippen LogP contribution >= 0.6 is 11.6 Å². The van der Waals surface area contributed by atoms with Gasteiger partial charge in [-0.2, -0.15) is 0 Å². The molecule has 5 nitrogen and oxygen atoms in total. The Morgan fingerprint density at radius 1 is 1.00 bits per heavy atom. The summed E-state index contributed by atoms with van der Waals surface area (Å²) in [6, 6.07) is 6.78. The van der Waals surface area contributed by atoms with E-state index in [1.54, 1.807) is 4.90 Å². The third-order valence-electron chi connectivity index (χ3n) is 6.56. The molecule has 1 aliphatic carbocycles. The highest BCUT2D eigenvalue weighted by Gasteiger charge is 2.37. The number of halogens is 4. The second kappa shape index (κ2) is 10.7. The zero-order chi connectivity index (χ0) is 24.2. The smallest absolute Gasteiger partial charge is 0.258 e. The maximum Gasteiger partial charge on any atom is 0.258 e. The Bertz CT molecular complexity index is 1060. The number of ether oxygens (including phenoxy) is 1.